The van der Waals surface area contributed by atoms with Crippen LogP contribution in [0.15, 0.2) is 9.41 Å². The third-order valence-corrected chi connectivity index (χ3v) is 3.88. The zero-order valence-corrected chi connectivity index (χ0v) is 12.9. The van der Waals surface area contributed by atoms with Gasteiger partial charge >= 0.3 is 0 Å². The molecule has 1 unspecified atom stereocenters. The van der Waals surface area contributed by atoms with Crippen molar-refractivity contribution in [3.05, 3.63) is 17.3 Å². The molecule has 1 saturated heterocycles. The molecule has 1 aromatic heterocycles. The first-order valence-corrected chi connectivity index (χ1v) is 7.18. The smallest absolute Gasteiger partial charge is 0.214 e. The van der Waals surface area contributed by atoms with Crippen LogP contribution >= 0.6 is 0 Å². The lowest BCUT2D eigenvalue weighted by atomic mass is 10.2. The van der Waals surface area contributed by atoms with Gasteiger partial charge in [0.25, 0.3) is 0 Å². The summed E-state index contributed by atoms with van der Waals surface area (Å²) in [7, 11) is 3.95. The number of hydrogen-bond donors (Lipinski definition) is 2. The highest BCUT2D eigenvalue weighted by molar-refractivity contribution is 5.79. The molecule has 20 heavy (non-hydrogen) atoms. The van der Waals surface area contributed by atoms with Crippen LogP contribution < -0.4 is 10.6 Å². The van der Waals surface area contributed by atoms with Gasteiger partial charge in [0.05, 0.1) is 12.2 Å². The standard InChI is InChI=1S/C14H25N5O/c1-10-11(2)20-13(18-10)9-17-14(15-3)16-8-12-6-5-7-19(12)4/h12H,5-9H2,1-4H3,(H2,15,16,17). The van der Waals surface area contributed by atoms with Crippen molar-refractivity contribution in [3.8, 4) is 0 Å². The molecule has 1 aliphatic rings. The number of aryl methyl sites for hydroxylation is 2. The van der Waals surface area contributed by atoms with Crippen molar-refractivity contribution in [3.63, 3.8) is 0 Å². The average molecular weight is 279 g/mol. The fourth-order valence-corrected chi connectivity index (χ4v) is 2.45. The van der Waals surface area contributed by atoms with Gasteiger partial charge in [0, 0.05) is 19.6 Å². The summed E-state index contributed by atoms with van der Waals surface area (Å²) in [6.45, 7) is 6.53. The number of nitrogens with one attached hydrogen (secondary N) is 2. The molecule has 1 atom stereocenters. The summed E-state index contributed by atoms with van der Waals surface area (Å²) < 4.78 is 5.54. The van der Waals surface area contributed by atoms with E-state index in [0.717, 1.165) is 24.0 Å². The Morgan fingerprint density at radius 1 is 1.45 bits per heavy atom. The van der Waals surface area contributed by atoms with Gasteiger partial charge < -0.3 is 20.0 Å². The maximum atomic E-state index is 5.54. The molecule has 2 heterocycles. The van der Waals surface area contributed by atoms with Crippen molar-refractivity contribution in [1.82, 2.24) is 20.5 Å². The van der Waals surface area contributed by atoms with Gasteiger partial charge in [-0.15, -0.1) is 0 Å². The third-order valence-electron chi connectivity index (χ3n) is 3.88. The lowest BCUT2D eigenvalue weighted by Crippen LogP contribution is -2.43. The second-order valence-electron chi connectivity index (χ2n) is 5.33. The fourth-order valence-electron chi connectivity index (χ4n) is 2.45. The Bertz CT molecular complexity index is 449. The Hall–Kier alpha value is -1.56. The predicted octanol–water partition coefficient (Wildman–Crippen LogP) is 1.05. The summed E-state index contributed by atoms with van der Waals surface area (Å²) in [4.78, 5) is 11.0. The Morgan fingerprint density at radius 2 is 2.25 bits per heavy atom. The quantitative estimate of drug-likeness (QED) is 0.637. The molecule has 112 valence electrons. The Morgan fingerprint density at radius 3 is 2.80 bits per heavy atom. The van der Waals surface area contributed by atoms with Gasteiger partial charge in [-0.3, -0.25) is 4.99 Å². The molecule has 2 rings (SSSR count). The van der Waals surface area contributed by atoms with Crippen LogP contribution in [0.25, 0.3) is 0 Å². The minimum Gasteiger partial charge on any atom is -0.444 e. The highest BCUT2D eigenvalue weighted by Crippen LogP contribution is 2.13. The number of rotatable bonds is 4. The van der Waals surface area contributed by atoms with Crippen LogP contribution in [0.4, 0.5) is 0 Å². The van der Waals surface area contributed by atoms with Crippen LogP contribution in [0.5, 0.6) is 0 Å². The molecule has 0 saturated carbocycles. The Labute approximate surface area is 120 Å². The molecular weight excluding hydrogens is 254 g/mol. The first-order chi connectivity index (χ1) is 9.60. The molecule has 0 aromatic carbocycles. The monoisotopic (exact) mass is 279 g/mol. The van der Waals surface area contributed by atoms with Crippen molar-refractivity contribution in [2.45, 2.75) is 39.3 Å². The van der Waals surface area contributed by atoms with Crippen LogP contribution in [-0.2, 0) is 6.54 Å². The first-order valence-electron chi connectivity index (χ1n) is 7.18. The van der Waals surface area contributed by atoms with E-state index in [-0.39, 0.29) is 0 Å². The number of guanidine groups is 1. The summed E-state index contributed by atoms with van der Waals surface area (Å²) in [6.07, 6.45) is 2.53. The highest BCUT2D eigenvalue weighted by Gasteiger charge is 2.20. The van der Waals surface area contributed by atoms with E-state index in [4.69, 9.17) is 4.42 Å². The van der Waals surface area contributed by atoms with Gasteiger partial charge in [0.1, 0.15) is 5.76 Å². The van der Waals surface area contributed by atoms with Crippen LogP contribution in [0, 0.1) is 13.8 Å². The Kier molecular flexibility index (Phi) is 5.00. The van der Waals surface area contributed by atoms with Crippen molar-refractivity contribution in [1.29, 1.82) is 0 Å². The first kappa shape index (κ1) is 14.8. The third kappa shape index (κ3) is 3.72. The molecule has 6 nitrogen and oxygen atoms in total. The zero-order chi connectivity index (χ0) is 14.5. The fraction of sp³-hybridized carbons (Fsp3) is 0.714. The topological polar surface area (TPSA) is 65.7 Å². The second-order valence-corrected chi connectivity index (χ2v) is 5.33. The number of hydrogen-bond acceptors (Lipinski definition) is 4. The number of oxazole rings is 1. The largest absolute Gasteiger partial charge is 0.444 e. The summed E-state index contributed by atoms with van der Waals surface area (Å²) in [5.41, 5.74) is 0.942. The van der Waals surface area contributed by atoms with Gasteiger partial charge in [-0.1, -0.05) is 0 Å². The van der Waals surface area contributed by atoms with Crippen molar-refractivity contribution < 1.29 is 4.42 Å². The summed E-state index contributed by atoms with van der Waals surface area (Å²) >= 11 is 0. The highest BCUT2D eigenvalue weighted by atomic mass is 16.4. The lowest BCUT2D eigenvalue weighted by Gasteiger charge is -2.21. The maximum Gasteiger partial charge on any atom is 0.214 e. The molecule has 1 fully saturated rings. The molecule has 1 aliphatic heterocycles. The van der Waals surface area contributed by atoms with Crippen LogP contribution in [0.3, 0.4) is 0 Å². The van der Waals surface area contributed by atoms with Gasteiger partial charge in [0.15, 0.2) is 5.96 Å². The minimum absolute atomic E-state index is 0.550. The van der Waals surface area contributed by atoms with Crippen molar-refractivity contribution in [2.75, 3.05) is 27.2 Å². The SMILES string of the molecule is CN=C(NCc1nc(C)c(C)o1)NCC1CCCN1C. The van der Waals surface area contributed by atoms with Crippen LogP contribution in [-0.4, -0.2) is 49.1 Å². The normalized spacial score (nSPS) is 20.4. The van der Waals surface area contributed by atoms with Gasteiger partial charge in [-0.05, 0) is 40.3 Å². The second kappa shape index (κ2) is 6.74. The van der Waals surface area contributed by atoms with E-state index in [2.05, 4.69) is 32.6 Å². The molecule has 1 aromatic rings. The minimum atomic E-state index is 0.550. The number of aliphatic imine (C=N–C) groups is 1. The summed E-state index contributed by atoms with van der Waals surface area (Å²) in [6, 6.07) is 0.597. The Balaban J connectivity index is 1.78. The van der Waals surface area contributed by atoms with E-state index in [1.54, 1.807) is 7.05 Å². The van der Waals surface area contributed by atoms with E-state index in [1.165, 1.54) is 19.4 Å². The molecule has 6 heteroatoms. The maximum absolute atomic E-state index is 5.54. The summed E-state index contributed by atoms with van der Waals surface area (Å²) in [5, 5.41) is 6.59. The van der Waals surface area contributed by atoms with Gasteiger partial charge in [-0.25, -0.2) is 4.98 Å². The van der Waals surface area contributed by atoms with E-state index in [0.29, 0.717) is 18.5 Å². The molecular formula is C14H25N5O. The van der Waals surface area contributed by atoms with Gasteiger partial charge in [-0.2, -0.15) is 0 Å². The van der Waals surface area contributed by atoms with Crippen molar-refractivity contribution in [2.24, 2.45) is 4.99 Å². The predicted molar refractivity (Wildman–Crippen MR) is 79.8 cm³/mol. The molecule has 0 spiro atoms. The van der Waals surface area contributed by atoms with E-state index in [1.807, 2.05) is 13.8 Å². The summed E-state index contributed by atoms with van der Waals surface area (Å²) in [5.74, 6) is 2.36. The number of likely N-dealkylation sites (N-methyl/N-ethyl adjacent to an activating group) is 1. The average Bonchev–Trinajstić information content (AvgIpc) is 2.97. The molecule has 0 bridgehead atoms. The van der Waals surface area contributed by atoms with Gasteiger partial charge in [0.2, 0.25) is 5.89 Å². The molecule has 0 radical (unpaired) electrons. The van der Waals surface area contributed by atoms with E-state index < -0.39 is 0 Å². The molecule has 0 aliphatic carbocycles. The number of aromatic nitrogens is 1. The van der Waals surface area contributed by atoms with Crippen LogP contribution in [0.2, 0.25) is 0 Å². The van der Waals surface area contributed by atoms with Crippen LogP contribution in [0.1, 0.15) is 30.2 Å². The lowest BCUT2D eigenvalue weighted by molar-refractivity contribution is 0.309. The zero-order valence-electron chi connectivity index (χ0n) is 12.9. The van der Waals surface area contributed by atoms with E-state index >= 15 is 0 Å². The number of likely N-dealkylation sites (tertiary alicyclic amines) is 1. The molecule has 2 N–H and O–H groups in total. The van der Waals surface area contributed by atoms with E-state index in [9.17, 15) is 0 Å². The molecule has 0 amide bonds. The number of nitrogens with zero attached hydrogens (tertiary/aromatic N) is 3. The van der Waals surface area contributed by atoms with Crippen molar-refractivity contribution >= 4 is 5.96 Å².